The molecule has 218 valence electrons. The van der Waals surface area contributed by atoms with Crippen LogP contribution in [0.5, 0.6) is 0 Å². The molecule has 0 aliphatic carbocycles. The van der Waals surface area contributed by atoms with E-state index in [9.17, 15) is 0 Å². The van der Waals surface area contributed by atoms with Gasteiger partial charge in [-0.2, -0.15) is 0 Å². The molecule has 0 aliphatic heterocycles. The van der Waals surface area contributed by atoms with E-state index in [0.717, 1.165) is 0 Å². The van der Waals surface area contributed by atoms with Gasteiger partial charge in [-0.15, -0.1) is 0 Å². The van der Waals surface area contributed by atoms with Crippen LogP contribution in [-0.4, -0.2) is 0 Å². The van der Waals surface area contributed by atoms with E-state index in [2.05, 4.69) is 13.8 Å². The first-order valence-electron chi connectivity index (χ1n) is 17.9. The van der Waals surface area contributed by atoms with Crippen molar-refractivity contribution in [3.8, 4) is 0 Å². The van der Waals surface area contributed by atoms with Gasteiger partial charge in [0.05, 0.1) is 0 Å². The van der Waals surface area contributed by atoms with E-state index >= 15 is 0 Å². The summed E-state index contributed by atoms with van der Waals surface area (Å²) in [6, 6.07) is 0. The van der Waals surface area contributed by atoms with Crippen molar-refractivity contribution >= 4 is 0 Å². The van der Waals surface area contributed by atoms with Crippen LogP contribution >= 0.6 is 0 Å². The smallest absolute Gasteiger partial charge is 0.0533 e. The van der Waals surface area contributed by atoms with Gasteiger partial charge < -0.3 is 0 Å². The lowest BCUT2D eigenvalue weighted by Crippen LogP contribution is -1.85. The molecule has 0 aromatic carbocycles. The summed E-state index contributed by atoms with van der Waals surface area (Å²) in [5.74, 6) is 0. The normalized spacial score (nSPS) is 11.5. The molecule has 0 fully saturated rings. The summed E-state index contributed by atoms with van der Waals surface area (Å²) in [6.07, 6.45) is 50.4. The molecule has 0 spiro atoms. The Morgan fingerprint density at radius 1 is 0.139 bits per heavy atom. The third-order valence-electron chi connectivity index (χ3n) is 8.46. The van der Waals surface area contributed by atoms with Gasteiger partial charge in [0, 0.05) is 0 Å². The van der Waals surface area contributed by atoms with Crippen molar-refractivity contribution in [2.24, 2.45) is 0 Å². The molecule has 0 aliphatic rings. The zero-order valence-electron chi connectivity index (χ0n) is 26.0. The number of hydrogen-bond donors (Lipinski definition) is 0. The molecular weight excluding hydrogens is 432 g/mol. The van der Waals surface area contributed by atoms with Gasteiger partial charge in [0.2, 0.25) is 0 Å². The molecule has 36 heavy (non-hydrogen) atoms. The van der Waals surface area contributed by atoms with Gasteiger partial charge in [-0.05, 0) is 0 Å². The summed E-state index contributed by atoms with van der Waals surface area (Å²) in [5.41, 5.74) is 0. The number of unbranched alkanes of at least 4 members (excludes halogenated alkanes) is 33. The topological polar surface area (TPSA) is 0 Å². The molecule has 0 aromatic rings. The molecule has 0 amide bonds. The summed E-state index contributed by atoms with van der Waals surface area (Å²) in [4.78, 5) is 0. The lowest BCUT2D eigenvalue weighted by molar-refractivity contribution is 0.511. The van der Waals surface area contributed by atoms with E-state index in [1.165, 1.54) is 218 Å². The van der Waals surface area contributed by atoms with Crippen molar-refractivity contribution in [2.45, 2.75) is 232 Å². The van der Waals surface area contributed by atoms with Crippen LogP contribution in [0.4, 0.5) is 0 Å². The Kier molecular flexibility index (Phi) is 35.0. The maximum atomic E-state index is 2.31. The highest BCUT2D eigenvalue weighted by Crippen LogP contribution is 2.17. The third-order valence-corrected chi connectivity index (χ3v) is 8.46. The van der Waals surface area contributed by atoms with Crippen LogP contribution in [0.2, 0.25) is 0 Å². The maximum absolute atomic E-state index is 2.31. The predicted molar refractivity (Wildman–Crippen MR) is 168 cm³/mol. The van der Waals surface area contributed by atoms with E-state index in [1.54, 1.807) is 0 Å². The highest BCUT2D eigenvalue weighted by atomic mass is 14.0. The first-order valence-corrected chi connectivity index (χ1v) is 17.9. The van der Waals surface area contributed by atoms with Gasteiger partial charge in [-0.3, -0.25) is 0 Å². The van der Waals surface area contributed by atoms with E-state index in [-0.39, 0.29) is 0 Å². The van der Waals surface area contributed by atoms with Gasteiger partial charge in [0.15, 0.2) is 0 Å². The molecular formula is C36H74. The minimum Gasteiger partial charge on any atom is -0.0654 e. The molecule has 0 unspecified atom stereocenters. The Labute approximate surface area is 232 Å². The van der Waals surface area contributed by atoms with Gasteiger partial charge >= 0.3 is 0 Å². The fourth-order valence-electron chi connectivity index (χ4n) is 5.80. The monoisotopic (exact) mass is 507 g/mol. The van der Waals surface area contributed by atoms with Gasteiger partial charge in [0.25, 0.3) is 0 Å². The zero-order valence-corrected chi connectivity index (χ0v) is 26.0. The standard InChI is InChI=1S/C36H74/c1-3-5-7-9-11-13-15-17-19-21-23-25-27-29-31-33-35-36-34-32-30-28-26-24-22-20-18-16-14-12-10-8-6-4-2/h3-36H2,1-2H3. The van der Waals surface area contributed by atoms with Crippen molar-refractivity contribution in [3.63, 3.8) is 0 Å². The lowest BCUT2D eigenvalue weighted by atomic mass is 10.0. The van der Waals surface area contributed by atoms with Crippen LogP contribution in [0.25, 0.3) is 0 Å². The van der Waals surface area contributed by atoms with Crippen molar-refractivity contribution in [3.05, 3.63) is 0 Å². The lowest BCUT2D eigenvalue weighted by Gasteiger charge is -2.05. The molecule has 0 heteroatoms. The molecule has 0 saturated heterocycles. The first kappa shape index (κ1) is 36.0. The van der Waals surface area contributed by atoms with Crippen LogP contribution in [-0.2, 0) is 0 Å². The van der Waals surface area contributed by atoms with E-state index in [4.69, 9.17) is 0 Å². The van der Waals surface area contributed by atoms with Crippen LogP contribution < -0.4 is 0 Å². The molecule has 0 nitrogen and oxygen atoms in total. The van der Waals surface area contributed by atoms with Crippen molar-refractivity contribution in [1.82, 2.24) is 0 Å². The highest BCUT2D eigenvalue weighted by Gasteiger charge is 1.97. The second kappa shape index (κ2) is 35.0. The Morgan fingerprint density at radius 2 is 0.222 bits per heavy atom. The molecule has 0 heterocycles. The summed E-state index contributed by atoms with van der Waals surface area (Å²) in [5, 5.41) is 0. The Balaban J connectivity index is 3.00. The van der Waals surface area contributed by atoms with Crippen molar-refractivity contribution < 1.29 is 0 Å². The van der Waals surface area contributed by atoms with Gasteiger partial charge in [-0.1, -0.05) is 232 Å². The second-order valence-electron chi connectivity index (χ2n) is 12.3. The van der Waals surface area contributed by atoms with E-state index in [1.807, 2.05) is 0 Å². The molecule has 0 saturated carbocycles. The number of hydrogen-bond acceptors (Lipinski definition) is 0. The minimum atomic E-state index is 1.37. The fourth-order valence-corrected chi connectivity index (χ4v) is 5.80. The second-order valence-corrected chi connectivity index (χ2v) is 12.3. The van der Waals surface area contributed by atoms with Crippen LogP contribution in [0, 0.1) is 0 Å². The summed E-state index contributed by atoms with van der Waals surface area (Å²) >= 11 is 0. The average molecular weight is 507 g/mol. The SMILES string of the molecule is CCCCCCCCCCCCCCCCCCCCCCCCCCCCCCCCCCCC. The molecule has 0 rings (SSSR count). The quantitative estimate of drug-likeness (QED) is 0.0776. The van der Waals surface area contributed by atoms with Gasteiger partial charge in [-0.25, -0.2) is 0 Å². The summed E-state index contributed by atoms with van der Waals surface area (Å²) in [7, 11) is 0. The van der Waals surface area contributed by atoms with Gasteiger partial charge in [0.1, 0.15) is 0 Å². The van der Waals surface area contributed by atoms with E-state index in [0.29, 0.717) is 0 Å². The summed E-state index contributed by atoms with van der Waals surface area (Å²) < 4.78 is 0. The first-order chi connectivity index (χ1) is 17.9. The minimum absolute atomic E-state index is 1.37. The zero-order chi connectivity index (χ0) is 26.0. The Bertz CT molecular complexity index is 312. The average Bonchev–Trinajstić information content (AvgIpc) is 2.89. The predicted octanol–water partition coefficient (Wildman–Crippen LogP) is 14.3. The number of rotatable bonds is 33. The fraction of sp³-hybridized carbons (Fsp3) is 1.00. The van der Waals surface area contributed by atoms with Crippen LogP contribution in [0.15, 0.2) is 0 Å². The molecule has 0 aromatic heterocycles. The molecule has 0 atom stereocenters. The van der Waals surface area contributed by atoms with Crippen LogP contribution in [0.1, 0.15) is 232 Å². The largest absolute Gasteiger partial charge is 0.0654 e. The molecule has 0 N–H and O–H groups in total. The molecule has 0 bridgehead atoms. The van der Waals surface area contributed by atoms with Crippen molar-refractivity contribution in [1.29, 1.82) is 0 Å². The maximum Gasteiger partial charge on any atom is -0.0533 e. The van der Waals surface area contributed by atoms with Crippen LogP contribution in [0.3, 0.4) is 0 Å². The van der Waals surface area contributed by atoms with Crippen molar-refractivity contribution in [2.75, 3.05) is 0 Å². The Morgan fingerprint density at radius 3 is 0.306 bits per heavy atom. The Hall–Kier alpha value is 0. The molecule has 0 radical (unpaired) electrons. The highest BCUT2D eigenvalue weighted by molar-refractivity contribution is 4.52. The third kappa shape index (κ3) is 34.0. The summed E-state index contributed by atoms with van der Waals surface area (Å²) in [6.45, 7) is 4.62. The van der Waals surface area contributed by atoms with E-state index < -0.39 is 0 Å².